The van der Waals surface area contributed by atoms with E-state index in [-0.39, 0.29) is 17.0 Å². The smallest absolute Gasteiger partial charge is 0.267 e. The molecule has 0 aliphatic heterocycles. The average molecular weight is 397 g/mol. The Morgan fingerprint density at radius 3 is 2.61 bits per heavy atom. The molecule has 146 valence electrons. The number of hydrogen-bond donors (Lipinski definition) is 1. The molecule has 3 rings (SSSR count). The number of fused-ring (bicyclic) bond motifs is 1. The SMILES string of the molecule is Cc1ccnc(-n2c(SC(C)C(=O)NC(C)(C)C)nc3ccccc3c2=O)c1. The second kappa shape index (κ2) is 7.75. The molecule has 0 aliphatic rings. The summed E-state index contributed by atoms with van der Waals surface area (Å²) in [5.41, 5.74) is 1.05. The number of amides is 1. The first-order valence-corrected chi connectivity index (χ1v) is 9.97. The lowest BCUT2D eigenvalue weighted by atomic mass is 10.1. The minimum absolute atomic E-state index is 0.108. The molecule has 1 unspecified atom stereocenters. The van der Waals surface area contributed by atoms with E-state index in [9.17, 15) is 9.59 Å². The first kappa shape index (κ1) is 20.1. The quantitative estimate of drug-likeness (QED) is 0.540. The van der Waals surface area contributed by atoms with Crippen molar-refractivity contribution in [1.82, 2.24) is 19.9 Å². The Labute approximate surface area is 168 Å². The van der Waals surface area contributed by atoms with Crippen LogP contribution in [-0.2, 0) is 4.79 Å². The molecule has 1 atom stereocenters. The number of pyridine rings is 1. The van der Waals surface area contributed by atoms with Crippen molar-refractivity contribution in [2.45, 2.75) is 50.6 Å². The topological polar surface area (TPSA) is 76.9 Å². The number of nitrogens with one attached hydrogen (secondary N) is 1. The van der Waals surface area contributed by atoms with Gasteiger partial charge in [-0.05, 0) is 64.4 Å². The molecule has 0 spiro atoms. The lowest BCUT2D eigenvalue weighted by Gasteiger charge is -2.23. The van der Waals surface area contributed by atoms with Gasteiger partial charge >= 0.3 is 0 Å². The van der Waals surface area contributed by atoms with Gasteiger partial charge in [0.2, 0.25) is 5.91 Å². The highest BCUT2D eigenvalue weighted by Gasteiger charge is 2.23. The lowest BCUT2D eigenvalue weighted by molar-refractivity contribution is -0.121. The van der Waals surface area contributed by atoms with Crippen LogP contribution in [0.2, 0.25) is 0 Å². The number of hydrogen-bond acceptors (Lipinski definition) is 5. The molecule has 1 amide bonds. The summed E-state index contributed by atoms with van der Waals surface area (Å²) >= 11 is 1.25. The van der Waals surface area contributed by atoms with E-state index in [1.54, 1.807) is 25.3 Å². The molecule has 2 heterocycles. The average Bonchev–Trinajstić information content (AvgIpc) is 2.60. The van der Waals surface area contributed by atoms with Crippen LogP contribution in [0.25, 0.3) is 16.7 Å². The molecule has 0 fully saturated rings. The van der Waals surface area contributed by atoms with Crippen molar-refractivity contribution in [3.05, 3.63) is 58.5 Å². The fraction of sp³-hybridized carbons (Fsp3) is 0.333. The Kier molecular flexibility index (Phi) is 5.56. The molecule has 0 radical (unpaired) electrons. The van der Waals surface area contributed by atoms with Crippen LogP contribution in [0.1, 0.15) is 33.3 Å². The molecule has 1 N–H and O–H groups in total. The summed E-state index contributed by atoms with van der Waals surface area (Å²) in [6.07, 6.45) is 1.66. The number of carbonyl (C=O) groups excluding carboxylic acids is 1. The second-order valence-electron chi connectivity index (χ2n) is 7.74. The van der Waals surface area contributed by atoms with Gasteiger partial charge < -0.3 is 5.32 Å². The maximum absolute atomic E-state index is 13.2. The van der Waals surface area contributed by atoms with Crippen LogP contribution < -0.4 is 10.9 Å². The molecule has 0 aliphatic carbocycles. The number of aryl methyl sites for hydroxylation is 1. The van der Waals surface area contributed by atoms with Crippen molar-refractivity contribution in [2.75, 3.05) is 0 Å². The van der Waals surface area contributed by atoms with E-state index < -0.39 is 5.25 Å². The number of carbonyl (C=O) groups is 1. The van der Waals surface area contributed by atoms with Gasteiger partial charge in [0.15, 0.2) is 5.16 Å². The van der Waals surface area contributed by atoms with Gasteiger partial charge in [-0.15, -0.1) is 0 Å². The predicted octanol–water partition coefficient (Wildman–Crippen LogP) is 3.48. The Morgan fingerprint density at radius 1 is 1.21 bits per heavy atom. The first-order valence-electron chi connectivity index (χ1n) is 9.09. The summed E-state index contributed by atoms with van der Waals surface area (Å²) < 4.78 is 1.49. The highest BCUT2D eigenvalue weighted by atomic mass is 32.2. The normalized spacial score (nSPS) is 12.8. The molecule has 7 heteroatoms. The standard InChI is InChI=1S/C21H24N4O2S/c1-13-10-11-22-17(12-13)25-19(27)15-8-6-7-9-16(15)23-20(25)28-14(2)18(26)24-21(3,4)5/h6-12,14H,1-5H3,(H,24,26). The molecule has 3 aromatic rings. The zero-order valence-electron chi connectivity index (χ0n) is 16.7. The van der Waals surface area contributed by atoms with Crippen LogP contribution in [0.4, 0.5) is 0 Å². The van der Waals surface area contributed by atoms with Gasteiger partial charge in [-0.3, -0.25) is 9.59 Å². The highest BCUT2D eigenvalue weighted by molar-refractivity contribution is 8.00. The van der Waals surface area contributed by atoms with E-state index in [4.69, 9.17) is 0 Å². The Balaban J connectivity index is 2.11. The maximum atomic E-state index is 13.2. The van der Waals surface area contributed by atoms with Crippen molar-refractivity contribution in [3.8, 4) is 5.82 Å². The molecule has 0 saturated carbocycles. The van der Waals surface area contributed by atoms with E-state index in [1.165, 1.54) is 16.3 Å². The van der Waals surface area contributed by atoms with Gasteiger partial charge in [-0.2, -0.15) is 0 Å². The van der Waals surface area contributed by atoms with Gasteiger partial charge in [0.1, 0.15) is 5.82 Å². The van der Waals surface area contributed by atoms with E-state index in [0.29, 0.717) is 21.9 Å². The van der Waals surface area contributed by atoms with Gasteiger partial charge in [0, 0.05) is 11.7 Å². The number of para-hydroxylation sites is 1. The molecule has 0 saturated heterocycles. The summed E-state index contributed by atoms with van der Waals surface area (Å²) in [7, 11) is 0. The summed E-state index contributed by atoms with van der Waals surface area (Å²) in [6, 6.07) is 10.9. The zero-order chi connectivity index (χ0) is 20.5. The minimum atomic E-state index is -0.427. The largest absolute Gasteiger partial charge is 0.351 e. The molecule has 0 bridgehead atoms. The van der Waals surface area contributed by atoms with Crippen LogP contribution in [0.3, 0.4) is 0 Å². The third-order valence-electron chi connectivity index (χ3n) is 4.02. The summed E-state index contributed by atoms with van der Waals surface area (Å²) in [5.74, 6) is 0.387. The van der Waals surface area contributed by atoms with Crippen LogP contribution in [0.5, 0.6) is 0 Å². The fourth-order valence-corrected chi connectivity index (χ4v) is 3.63. The number of nitrogens with zero attached hydrogens (tertiary/aromatic N) is 3. The molecule has 2 aromatic heterocycles. The monoisotopic (exact) mass is 396 g/mol. The number of benzene rings is 1. The van der Waals surface area contributed by atoms with E-state index >= 15 is 0 Å². The molecule has 6 nitrogen and oxygen atoms in total. The van der Waals surface area contributed by atoms with Gasteiger partial charge in [0.25, 0.3) is 5.56 Å². The van der Waals surface area contributed by atoms with E-state index in [2.05, 4.69) is 15.3 Å². The minimum Gasteiger partial charge on any atom is -0.351 e. The zero-order valence-corrected chi connectivity index (χ0v) is 17.5. The van der Waals surface area contributed by atoms with Crippen LogP contribution in [-0.4, -0.2) is 31.2 Å². The fourth-order valence-electron chi connectivity index (χ4n) is 2.72. The summed E-state index contributed by atoms with van der Waals surface area (Å²) in [5, 5.41) is 3.50. The van der Waals surface area contributed by atoms with E-state index in [0.717, 1.165) is 5.56 Å². The van der Waals surface area contributed by atoms with Crippen LogP contribution in [0.15, 0.2) is 52.5 Å². The lowest BCUT2D eigenvalue weighted by Crippen LogP contribution is -2.44. The van der Waals surface area contributed by atoms with Gasteiger partial charge in [0.05, 0.1) is 16.2 Å². The molecular formula is C21H24N4O2S. The first-order chi connectivity index (χ1) is 13.2. The van der Waals surface area contributed by atoms with Crippen molar-refractivity contribution >= 4 is 28.6 Å². The number of thioether (sulfide) groups is 1. The molecular weight excluding hydrogens is 372 g/mol. The Hall–Kier alpha value is -2.67. The number of rotatable bonds is 4. The van der Waals surface area contributed by atoms with Crippen LogP contribution >= 0.6 is 11.8 Å². The predicted molar refractivity (Wildman–Crippen MR) is 113 cm³/mol. The van der Waals surface area contributed by atoms with Gasteiger partial charge in [-0.25, -0.2) is 14.5 Å². The van der Waals surface area contributed by atoms with E-state index in [1.807, 2.05) is 52.0 Å². The second-order valence-corrected chi connectivity index (χ2v) is 9.05. The number of aromatic nitrogens is 3. The van der Waals surface area contributed by atoms with Crippen LogP contribution in [0, 0.1) is 6.92 Å². The Bertz CT molecular complexity index is 1090. The third-order valence-corrected chi connectivity index (χ3v) is 5.08. The van der Waals surface area contributed by atoms with Crippen molar-refractivity contribution in [1.29, 1.82) is 0 Å². The van der Waals surface area contributed by atoms with Gasteiger partial charge in [-0.1, -0.05) is 23.9 Å². The highest BCUT2D eigenvalue weighted by Crippen LogP contribution is 2.25. The Morgan fingerprint density at radius 2 is 1.93 bits per heavy atom. The summed E-state index contributed by atoms with van der Waals surface area (Å²) in [6.45, 7) is 9.55. The third kappa shape index (κ3) is 4.42. The van der Waals surface area contributed by atoms with Crippen molar-refractivity contribution in [2.24, 2.45) is 0 Å². The summed E-state index contributed by atoms with van der Waals surface area (Å²) in [4.78, 5) is 34.8. The molecule has 28 heavy (non-hydrogen) atoms. The molecule has 1 aromatic carbocycles. The van der Waals surface area contributed by atoms with Crippen molar-refractivity contribution in [3.63, 3.8) is 0 Å². The maximum Gasteiger partial charge on any atom is 0.267 e. The van der Waals surface area contributed by atoms with Crippen molar-refractivity contribution < 1.29 is 4.79 Å².